The predicted molar refractivity (Wildman–Crippen MR) is 110 cm³/mol. The van der Waals surface area contributed by atoms with E-state index in [1.54, 1.807) is 12.1 Å². The van der Waals surface area contributed by atoms with Gasteiger partial charge in [-0.15, -0.1) is 0 Å². The van der Waals surface area contributed by atoms with E-state index in [9.17, 15) is 18.3 Å². The van der Waals surface area contributed by atoms with Crippen LogP contribution in [0.5, 0.6) is 11.5 Å². The fourth-order valence-corrected chi connectivity index (χ4v) is 4.35. The quantitative estimate of drug-likeness (QED) is 0.511. The summed E-state index contributed by atoms with van der Waals surface area (Å²) >= 11 is 6.21. The van der Waals surface area contributed by atoms with Gasteiger partial charge in [0.25, 0.3) is 10.0 Å². The number of carbonyl (C=O) groups is 1. The normalized spacial score (nSPS) is 12.8. The lowest BCUT2D eigenvalue weighted by Gasteiger charge is -2.12. The van der Waals surface area contributed by atoms with Crippen molar-refractivity contribution in [2.45, 2.75) is 11.3 Å². The summed E-state index contributed by atoms with van der Waals surface area (Å²) in [5, 5.41) is 18.9. The monoisotopic (exact) mass is 446 g/mol. The first-order valence-corrected chi connectivity index (χ1v) is 10.6. The molecule has 8 nitrogen and oxygen atoms in total. The Bertz CT molecular complexity index is 1280. The molecule has 0 amide bonds. The number of nitrogens with one attached hydrogen (secondary N) is 1. The molecule has 1 aliphatic rings. The van der Waals surface area contributed by atoms with Gasteiger partial charge in [-0.3, -0.25) is 4.72 Å². The molecule has 0 unspecified atom stereocenters. The van der Waals surface area contributed by atoms with E-state index in [-0.39, 0.29) is 21.3 Å². The summed E-state index contributed by atoms with van der Waals surface area (Å²) in [5.74, 6) is -1.09. The number of carboxylic acid groups (broad SMARTS) is 1. The predicted octanol–water partition coefficient (Wildman–Crippen LogP) is 3.54. The lowest BCUT2D eigenvalue weighted by Crippen LogP contribution is -2.13. The first kappa shape index (κ1) is 20.0. The summed E-state index contributed by atoms with van der Waals surface area (Å²) in [6.07, 6.45) is 1.87. The number of rotatable bonds is 5. The number of pyridine rings is 1. The molecule has 0 spiro atoms. The van der Waals surface area contributed by atoms with Crippen LogP contribution < -0.4 is 9.46 Å². The van der Waals surface area contributed by atoms with Gasteiger partial charge >= 0.3 is 5.97 Å². The standard InChI is InChI=1S/C20H15ClN2O6S/c21-19-16(11-1-4-18-12(7-11)5-6-29-18)9-14(10-22-19)30(27,28)23-13-2-3-15(20(25)26)17(24)8-13/h1-4,7-10,23-24H,5-6H2,(H,25,26). The van der Waals surface area contributed by atoms with Gasteiger partial charge in [0.05, 0.1) is 12.3 Å². The minimum Gasteiger partial charge on any atom is -0.507 e. The second-order valence-electron chi connectivity index (χ2n) is 6.57. The van der Waals surface area contributed by atoms with Crippen LogP contribution in [0.3, 0.4) is 0 Å². The number of aromatic hydroxyl groups is 1. The summed E-state index contributed by atoms with van der Waals surface area (Å²) in [4.78, 5) is 14.8. The molecule has 3 aromatic rings. The second-order valence-corrected chi connectivity index (χ2v) is 8.61. The molecule has 0 saturated carbocycles. The van der Waals surface area contributed by atoms with Crippen LogP contribution in [0.4, 0.5) is 5.69 Å². The highest BCUT2D eigenvalue weighted by Gasteiger charge is 2.20. The molecule has 1 aromatic heterocycles. The summed E-state index contributed by atoms with van der Waals surface area (Å²) in [6, 6.07) is 10.2. The molecule has 10 heteroatoms. The van der Waals surface area contributed by atoms with Gasteiger partial charge in [-0.25, -0.2) is 18.2 Å². The molecule has 2 aromatic carbocycles. The molecule has 0 aliphatic carbocycles. The second kappa shape index (κ2) is 7.51. The molecule has 2 heterocycles. The number of fused-ring (bicyclic) bond motifs is 1. The molecule has 0 fully saturated rings. The van der Waals surface area contributed by atoms with E-state index in [1.807, 2.05) is 6.07 Å². The molecule has 0 bridgehead atoms. The zero-order valence-electron chi connectivity index (χ0n) is 15.3. The van der Waals surface area contributed by atoms with E-state index < -0.39 is 21.7 Å². The number of carboxylic acids is 1. The van der Waals surface area contributed by atoms with E-state index in [2.05, 4.69) is 9.71 Å². The highest BCUT2D eigenvalue weighted by Crippen LogP contribution is 2.34. The SMILES string of the molecule is O=C(O)c1ccc(NS(=O)(=O)c2cnc(Cl)c(-c3ccc4c(c3)CCO4)c2)cc1O. The van der Waals surface area contributed by atoms with Crippen molar-refractivity contribution in [3.05, 3.63) is 64.9 Å². The number of anilines is 1. The van der Waals surface area contributed by atoms with Crippen molar-refractivity contribution in [2.24, 2.45) is 0 Å². The third kappa shape index (κ3) is 3.77. The van der Waals surface area contributed by atoms with Crippen LogP contribution in [-0.2, 0) is 16.4 Å². The first-order chi connectivity index (χ1) is 14.2. The van der Waals surface area contributed by atoms with Crippen molar-refractivity contribution in [1.29, 1.82) is 0 Å². The first-order valence-electron chi connectivity index (χ1n) is 8.75. The molecular weight excluding hydrogens is 432 g/mol. The van der Waals surface area contributed by atoms with Crippen LogP contribution in [0.15, 0.2) is 53.6 Å². The summed E-state index contributed by atoms with van der Waals surface area (Å²) < 4.78 is 33.4. The van der Waals surface area contributed by atoms with Gasteiger partial charge in [0.2, 0.25) is 0 Å². The molecule has 3 N–H and O–H groups in total. The molecule has 154 valence electrons. The van der Waals surface area contributed by atoms with Gasteiger partial charge in [-0.05, 0) is 41.5 Å². The van der Waals surface area contributed by atoms with Gasteiger partial charge < -0.3 is 14.9 Å². The summed E-state index contributed by atoms with van der Waals surface area (Å²) in [6.45, 7) is 0.594. The summed E-state index contributed by atoms with van der Waals surface area (Å²) in [7, 11) is -4.08. The maximum Gasteiger partial charge on any atom is 0.339 e. The number of halogens is 1. The van der Waals surface area contributed by atoms with Gasteiger partial charge in [0.15, 0.2) is 0 Å². The number of aromatic carboxylic acids is 1. The lowest BCUT2D eigenvalue weighted by atomic mass is 10.0. The van der Waals surface area contributed by atoms with Crippen molar-refractivity contribution in [1.82, 2.24) is 4.98 Å². The molecule has 0 atom stereocenters. The number of nitrogens with zero attached hydrogens (tertiary/aromatic N) is 1. The Balaban J connectivity index is 1.68. The Morgan fingerprint density at radius 2 is 1.97 bits per heavy atom. The third-order valence-corrected chi connectivity index (χ3v) is 6.25. The Labute approximate surface area is 176 Å². The fraction of sp³-hybridized carbons (Fsp3) is 0.100. The van der Waals surface area contributed by atoms with E-state index in [1.165, 1.54) is 12.1 Å². The topological polar surface area (TPSA) is 126 Å². The van der Waals surface area contributed by atoms with Crippen LogP contribution >= 0.6 is 11.6 Å². The van der Waals surface area contributed by atoms with Gasteiger partial charge in [-0.2, -0.15) is 0 Å². The van der Waals surface area contributed by atoms with Crippen LogP contribution in [0, 0.1) is 0 Å². The van der Waals surface area contributed by atoms with Gasteiger partial charge in [0, 0.05) is 24.2 Å². The highest BCUT2D eigenvalue weighted by atomic mass is 35.5. The van der Waals surface area contributed by atoms with Crippen LogP contribution in [0.25, 0.3) is 11.1 Å². The van der Waals surface area contributed by atoms with E-state index >= 15 is 0 Å². The number of hydrogen-bond donors (Lipinski definition) is 3. The van der Waals surface area contributed by atoms with Crippen molar-refractivity contribution in [2.75, 3.05) is 11.3 Å². The van der Waals surface area contributed by atoms with Crippen molar-refractivity contribution >= 4 is 33.3 Å². The largest absolute Gasteiger partial charge is 0.507 e. The molecule has 0 saturated heterocycles. The number of phenols is 1. The zero-order chi connectivity index (χ0) is 21.5. The van der Waals surface area contributed by atoms with Crippen molar-refractivity contribution in [3.63, 3.8) is 0 Å². The van der Waals surface area contributed by atoms with Crippen LogP contribution in [-0.4, -0.2) is 36.2 Å². The number of ether oxygens (including phenoxy) is 1. The van der Waals surface area contributed by atoms with Crippen molar-refractivity contribution in [3.8, 4) is 22.6 Å². The van der Waals surface area contributed by atoms with E-state index in [0.717, 1.165) is 36.1 Å². The minimum absolute atomic E-state index is 0.00341. The molecular formula is C20H15ClN2O6S. The maximum atomic E-state index is 12.8. The molecule has 30 heavy (non-hydrogen) atoms. The number of sulfonamides is 1. The van der Waals surface area contributed by atoms with Gasteiger partial charge in [-0.1, -0.05) is 17.7 Å². The molecule has 1 aliphatic heterocycles. The average molecular weight is 447 g/mol. The van der Waals surface area contributed by atoms with E-state index in [0.29, 0.717) is 17.7 Å². The van der Waals surface area contributed by atoms with Crippen LogP contribution in [0.2, 0.25) is 5.15 Å². The maximum absolute atomic E-state index is 12.8. The summed E-state index contributed by atoms with van der Waals surface area (Å²) in [5.41, 5.74) is 1.82. The smallest absolute Gasteiger partial charge is 0.339 e. The Morgan fingerprint density at radius 3 is 2.70 bits per heavy atom. The Kier molecular flexibility index (Phi) is 5.00. The highest BCUT2D eigenvalue weighted by molar-refractivity contribution is 7.92. The lowest BCUT2D eigenvalue weighted by molar-refractivity contribution is 0.0694. The third-order valence-electron chi connectivity index (χ3n) is 4.61. The number of hydrogen-bond acceptors (Lipinski definition) is 6. The Hall–Kier alpha value is -3.30. The zero-order valence-corrected chi connectivity index (χ0v) is 16.9. The fourth-order valence-electron chi connectivity index (χ4n) is 3.12. The van der Waals surface area contributed by atoms with Gasteiger partial charge in [0.1, 0.15) is 27.1 Å². The van der Waals surface area contributed by atoms with Crippen molar-refractivity contribution < 1.29 is 28.2 Å². The number of aromatic nitrogens is 1. The number of benzene rings is 2. The Morgan fingerprint density at radius 1 is 1.17 bits per heavy atom. The van der Waals surface area contributed by atoms with E-state index in [4.69, 9.17) is 21.4 Å². The molecule has 0 radical (unpaired) electrons. The van der Waals surface area contributed by atoms with Crippen LogP contribution in [0.1, 0.15) is 15.9 Å². The minimum atomic E-state index is -4.08. The molecule has 4 rings (SSSR count). The average Bonchev–Trinajstić information content (AvgIpc) is 3.15.